The van der Waals surface area contributed by atoms with Gasteiger partial charge in [0.05, 0.1) is 6.04 Å². The molecule has 0 radical (unpaired) electrons. The molecule has 1 atom stereocenters. The van der Waals surface area contributed by atoms with E-state index in [2.05, 4.69) is 19.2 Å². The van der Waals surface area contributed by atoms with E-state index < -0.39 is 5.97 Å². The maximum absolute atomic E-state index is 12.1. The van der Waals surface area contributed by atoms with Gasteiger partial charge in [-0.15, -0.1) is 11.3 Å². The van der Waals surface area contributed by atoms with Crippen molar-refractivity contribution in [2.24, 2.45) is 5.92 Å². The zero-order valence-corrected chi connectivity index (χ0v) is 15.3. The maximum atomic E-state index is 12.1. The molecular formula is C20H23NO3S. The summed E-state index contributed by atoms with van der Waals surface area (Å²) in [6, 6.07) is 13.5. The summed E-state index contributed by atoms with van der Waals surface area (Å²) in [6.45, 7) is 3.93. The van der Waals surface area contributed by atoms with E-state index in [1.807, 2.05) is 47.8 Å². The molecule has 0 aliphatic carbocycles. The average molecular weight is 357 g/mol. The molecule has 1 heterocycles. The molecule has 1 aromatic heterocycles. The first-order valence-corrected chi connectivity index (χ1v) is 9.15. The second-order valence-electron chi connectivity index (χ2n) is 6.12. The minimum Gasteiger partial charge on any atom is -0.452 e. The first-order chi connectivity index (χ1) is 12.0. The van der Waals surface area contributed by atoms with Gasteiger partial charge >= 0.3 is 5.97 Å². The molecule has 0 aliphatic heterocycles. The fourth-order valence-electron chi connectivity index (χ4n) is 2.39. The van der Waals surface area contributed by atoms with Gasteiger partial charge in [-0.25, -0.2) is 4.79 Å². The third kappa shape index (κ3) is 6.93. The van der Waals surface area contributed by atoms with Gasteiger partial charge in [0.2, 0.25) is 0 Å². The van der Waals surface area contributed by atoms with Crippen molar-refractivity contribution in [3.05, 3.63) is 64.4 Å². The smallest absolute Gasteiger partial charge is 0.331 e. The average Bonchev–Trinajstić information content (AvgIpc) is 3.11. The Morgan fingerprint density at radius 3 is 2.56 bits per heavy atom. The number of rotatable bonds is 8. The first kappa shape index (κ1) is 18.9. The van der Waals surface area contributed by atoms with E-state index in [0.29, 0.717) is 5.92 Å². The molecule has 1 amide bonds. The van der Waals surface area contributed by atoms with Crippen molar-refractivity contribution in [2.45, 2.75) is 26.3 Å². The van der Waals surface area contributed by atoms with E-state index in [1.54, 1.807) is 6.08 Å². The zero-order chi connectivity index (χ0) is 18.1. The van der Waals surface area contributed by atoms with Crippen LogP contribution in [0.15, 0.2) is 53.9 Å². The predicted octanol–water partition coefficient (Wildman–Crippen LogP) is 4.21. The highest BCUT2D eigenvalue weighted by atomic mass is 32.1. The molecular weight excluding hydrogens is 334 g/mol. The van der Waals surface area contributed by atoms with Crippen molar-refractivity contribution >= 4 is 29.3 Å². The molecule has 0 bridgehead atoms. The topological polar surface area (TPSA) is 55.4 Å². The fraction of sp³-hybridized carbons (Fsp3) is 0.300. The number of carbonyl (C=O) groups is 2. The third-order valence-electron chi connectivity index (χ3n) is 3.52. The quantitative estimate of drug-likeness (QED) is 0.569. The van der Waals surface area contributed by atoms with E-state index in [4.69, 9.17) is 4.74 Å². The third-order valence-corrected chi connectivity index (χ3v) is 4.35. The molecule has 0 aliphatic rings. The molecule has 4 nitrogen and oxygen atoms in total. The van der Waals surface area contributed by atoms with Gasteiger partial charge in [0.25, 0.3) is 5.91 Å². The van der Waals surface area contributed by atoms with Crippen molar-refractivity contribution in [2.75, 3.05) is 6.61 Å². The number of hydrogen-bond donors (Lipinski definition) is 1. The van der Waals surface area contributed by atoms with Crippen LogP contribution in [0.1, 0.15) is 36.8 Å². The van der Waals surface area contributed by atoms with Crippen LogP contribution in [0, 0.1) is 5.92 Å². The molecule has 1 N–H and O–H groups in total. The van der Waals surface area contributed by atoms with Crippen LogP contribution in [0.3, 0.4) is 0 Å². The molecule has 2 aromatic rings. The summed E-state index contributed by atoms with van der Waals surface area (Å²) in [6.07, 6.45) is 3.83. The maximum Gasteiger partial charge on any atom is 0.331 e. The van der Waals surface area contributed by atoms with Gasteiger partial charge in [0.1, 0.15) is 0 Å². The van der Waals surface area contributed by atoms with Crippen LogP contribution in [0.25, 0.3) is 6.08 Å². The number of amides is 1. The van der Waals surface area contributed by atoms with E-state index in [0.717, 1.165) is 16.9 Å². The highest BCUT2D eigenvalue weighted by Gasteiger charge is 2.16. The van der Waals surface area contributed by atoms with Crippen molar-refractivity contribution in [3.63, 3.8) is 0 Å². The number of benzene rings is 1. The van der Waals surface area contributed by atoms with Gasteiger partial charge in [-0.3, -0.25) is 4.79 Å². The second kappa shape index (κ2) is 9.79. The van der Waals surface area contributed by atoms with Crippen LogP contribution in [-0.4, -0.2) is 18.5 Å². The van der Waals surface area contributed by atoms with E-state index >= 15 is 0 Å². The van der Waals surface area contributed by atoms with E-state index in [9.17, 15) is 9.59 Å². The molecule has 5 heteroatoms. The molecule has 132 valence electrons. The molecule has 0 saturated heterocycles. The van der Waals surface area contributed by atoms with Gasteiger partial charge in [-0.1, -0.05) is 50.2 Å². The molecule has 1 unspecified atom stereocenters. The van der Waals surface area contributed by atoms with Gasteiger partial charge in [0.15, 0.2) is 6.61 Å². The molecule has 0 spiro atoms. The first-order valence-electron chi connectivity index (χ1n) is 8.27. The Hall–Kier alpha value is -2.40. The number of carbonyl (C=O) groups excluding carboxylic acids is 2. The monoisotopic (exact) mass is 357 g/mol. The van der Waals surface area contributed by atoms with Crippen LogP contribution in [-0.2, 0) is 14.3 Å². The normalized spacial score (nSPS) is 12.3. The standard InChI is InChI=1S/C20H23NO3S/c1-15(2)13-18(16-7-4-3-5-8-16)21-19(22)14-24-20(23)11-10-17-9-6-12-25-17/h3-12,15,18H,13-14H2,1-2H3,(H,21,22)/b11-10+. The Balaban J connectivity index is 1.85. The van der Waals surface area contributed by atoms with Crippen LogP contribution in [0.2, 0.25) is 0 Å². The molecule has 2 rings (SSSR count). The largest absolute Gasteiger partial charge is 0.452 e. The van der Waals surface area contributed by atoms with Gasteiger partial charge in [-0.05, 0) is 35.4 Å². The predicted molar refractivity (Wildman–Crippen MR) is 101 cm³/mol. The lowest BCUT2D eigenvalue weighted by atomic mass is 9.97. The molecule has 25 heavy (non-hydrogen) atoms. The lowest BCUT2D eigenvalue weighted by Crippen LogP contribution is -2.33. The van der Waals surface area contributed by atoms with Crippen molar-refractivity contribution in [1.82, 2.24) is 5.32 Å². The number of thiophene rings is 1. The van der Waals surface area contributed by atoms with Crippen LogP contribution < -0.4 is 5.32 Å². The van der Waals surface area contributed by atoms with Crippen molar-refractivity contribution in [1.29, 1.82) is 0 Å². The summed E-state index contributed by atoms with van der Waals surface area (Å²) in [4.78, 5) is 24.8. The zero-order valence-electron chi connectivity index (χ0n) is 14.5. The summed E-state index contributed by atoms with van der Waals surface area (Å²) in [5.41, 5.74) is 1.05. The minimum absolute atomic E-state index is 0.0888. The molecule has 0 saturated carbocycles. The van der Waals surface area contributed by atoms with Crippen LogP contribution in [0.5, 0.6) is 0 Å². The minimum atomic E-state index is -0.524. The Morgan fingerprint density at radius 2 is 1.92 bits per heavy atom. The number of nitrogens with one attached hydrogen (secondary N) is 1. The summed E-state index contributed by atoms with van der Waals surface area (Å²) < 4.78 is 5.01. The van der Waals surface area contributed by atoms with Gasteiger partial charge in [-0.2, -0.15) is 0 Å². The van der Waals surface area contributed by atoms with Crippen LogP contribution >= 0.6 is 11.3 Å². The number of ether oxygens (including phenoxy) is 1. The SMILES string of the molecule is CC(C)CC(NC(=O)COC(=O)/C=C/c1cccs1)c1ccccc1. The Bertz CT molecular complexity index is 693. The lowest BCUT2D eigenvalue weighted by Gasteiger charge is -2.21. The summed E-state index contributed by atoms with van der Waals surface area (Å²) >= 11 is 1.53. The summed E-state index contributed by atoms with van der Waals surface area (Å²) in [5.74, 6) is -0.391. The Morgan fingerprint density at radius 1 is 1.16 bits per heavy atom. The number of esters is 1. The van der Waals surface area contributed by atoms with E-state index in [-0.39, 0.29) is 18.6 Å². The summed E-state index contributed by atoms with van der Waals surface area (Å²) in [7, 11) is 0. The highest BCUT2D eigenvalue weighted by molar-refractivity contribution is 7.10. The van der Waals surface area contributed by atoms with Gasteiger partial charge in [0, 0.05) is 11.0 Å². The number of hydrogen-bond acceptors (Lipinski definition) is 4. The summed E-state index contributed by atoms with van der Waals surface area (Å²) in [5, 5.41) is 4.88. The van der Waals surface area contributed by atoms with E-state index in [1.165, 1.54) is 17.4 Å². The highest BCUT2D eigenvalue weighted by Crippen LogP contribution is 2.20. The van der Waals surface area contributed by atoms with Crippen molar-refractivity contribution < 1.29 is 14.3 Å². The Kier molecular flexibility index (Phi) is 7.41. The molecule has 0 fully saturated rings. The molecule has 1 aromatic carbocycles. The van der Waals surface area contributed by atoms with Crippen LogP contribution in [0.4, 0.5) is 0 Å². The second-order valence-corrected chi connectivity index (χ2v) is 7.10. The van der Waals surface area contributed by atoms with Gasteiger partial charge < -0.3 is 10.1 Å². The lowest BCUT2D eigenvalue weighted by molar-refractivity contribution is -0.144. The fourth-order valence-corrected chi connectivity index (χ4v) is 3.01. The van der Waals surface area contributed by atoms with Crippen molar-refractivity contribution in [3.8, 4) is 0 Å². The Labute approximate surface area is 152 Å².